The highest BCUT2D eigenvalue weighted by Crippen LogP contribution is 2.35. The fourth-order valence-electron chi connectivity index (χ4n) is 1.01. The Morgan fingerprint density at radius 1 is 1.07 bits per heavy atom. The van der Waals surface area contributed by atoms with Crippen molar-refractivity contribution in [2.45, 2.75) is 19.3 Å². The Bertz CT molecular complexity index is 328. The molecule has 0 aliphatic rings. The molecule has 0 bridgehead atoms. The van der Waals surface area contributed by atoms with Gasteiger partial charge in [-0.1, -0.05) is 37.0 Å². The Labute approximate surface area is 103 Å². The maximum absolute atomic E-state index is 5.92. The van der Waals surface area contributed by atoms with E-state index in [1.165, 1.54) is 0 Å². The standard InChI is InChI=1S/C8H8Cl4N2/c1-8(2,3-9)4-5(10)13-7(12)14-6(4)11/h3H2,1-2H3. The highest BCUT2D eigenvalue weighted by molar-refractivity contribution is 6.36. The summed E-state index contributed by atoms with van der Waals surface area (Å²) >= 11 is 23.2. The molecular weight excluding hydrogens is 266 g/mol. The Kier molecular flexibility index (Phi) is 3.87. The fraction of sp³-hybridized carbons (Fsp3) is 0.500. The SMILES string of the molecule is CC(C)(CCl)c1c(Cl)nc(Cl)nc1Cl. The maximum atomic E-state index is 5.92. The summed E-state index contributed by atoms with van der Waals surface area (Å²) in [5, 5.41) is 0.537. The fourth-order valence-corrected chi connectivity index (χ4v) is 2.30. The van der Waals surface area contributed by atoms with Gasteiger partial charge in [-0.25, -0.2) is 9.97 Å². The van der Waals surface area contributed by atoms with Crippen molar-refractivity contribution in [3.63, 3.8) is 0 Å². The van der Waals surface area contributed by atoms with Gasteiger partial charge in [0.25, 0.3) is 0 Å². The van der Waals surface area contributed by atoms with Crippen molar-refractivity contribution in [2.24, 2.45) is 0 Å². The Morgan fingerprint density at radius 2 is 1.50 bits per heavy atom. The molecule has 1 rings (SSSR count). The third kappa shape index (κ3) is 2.43. The molecule has 1 heterocycles. The minimum Gasteiger partial charge on any atom is -0.206 e. The predicted octanol–water partition coefficient (Wildman–Crippen LogP) is 3.95. The van der Waals surface area contributed by atoms with Gasteiger partial charge in [-0.15, -0.1) is 11.6 Å². The second-order valence-corrected chi connectivity index (χ2v) is 4.79. The molecular formula is C8H8Cl4N2. The minimum atomic E-state index is -0.375. The van der Waals surface area contributed by atoms with Gasteiger partial charge in [-0.3, -0.25) is 0 Å². The molecule has 0 aromatic carbocycles. The molecule has 0 amide bonds. The van der Waals surface area contributed by atoms with Gasteiger partial charge in [-0.05, 0) is 11.6 Å². The number of nitrogens with zero attached hydrogens (tertiary/aromatic N) is 2. The van der Waals surface area contributed by atoms with Crippen LogP contribution >= 0.6 is 46.4 Å². The summed E-state index contributed by atoms with van der Waals surface area (Å²) in [5.74, 6) is 0.372. The Morgan fingerprint density at radius 3 is 1.86 bits per heavy atom. The van der Waals surface area contributed by atoms with Gasteiger partial charge in [0.1, 0.15) is 10.3 Å². The summed E-state index contributed by atoms with van der Waals surface area (Å²) in [7, 11) is 0. The summed E-state index contributed by atoms with van der Waals surface area (Å²) < 4.78 is 0. The lowest BCUT2D eigenvalue weighted by Gasteiger charge is -2.23. The van der Waals surface area contributed by atoms with Crippen LogP contribution in [0.15, 0.2) is 0 Å². The van der Waals surface area contributed by atoms with E-state index in [2.05, 4.69) is 9.97 Å². The van der Waals surface area contributed by atoms with Crippen molar-refractivity contribution in [3.05, 3.63) is 21.2 Å². The van der Waals surface area contributed by atoms with E-state index >= 15 is 0 Å². The molecule has 0 radical (unpaired) electrons. The summed E-state index contributed by atoms with van der Waals surface area (Å²) in [6.45, 7) is 3.81. The van der Waals surface area contributed by atoms with Crippen LogP contribution < -0.4 is 0 Å². The highest BCUT2D eigenvalue weighted by Gasteiger charge is 2.27. The molecule has 0 aliphatic heterocycles. The van der Waals surface area contributed by atoms with E-state index in [1.807, 2.05) is 13.8 Å². The summed E-state index contributed by atoms with van der Waals surface area (Å²) in [6, 6.07) is 0. The zero-order valence-corrected chi connectivity index (χ0v) is 10.6. The van der Waals surface area contributed by atoms with Crippen LogP contribution in [-0.2, 0) is 5.41 Å². The third-order valence-corrected chi connectivity index (χ3v) is 3.19. The van der Waals surface area contributed by atoms with Crippen LogP contribution in [0.4, 0.5) is 0 Å². The maximum Gasteiger partial charge on any atom is 0.225 e. The van der Waals surface area contributed by atoms with Gasteiger partial charge >= 0.3 is 0 Å². The van der Waals surface area contributed by atoms with E-state index in [9.17, 15) is 0 Å². The first-order valence-electron chi connectivity index (χ1n) is 3.83. The van der Waals surface area contributed by atoms with Crippen molar-refractivity contribution in [1.82, 2.24) is 9.97 Å². The predicted molar refractivity (Wildman–Crippen MR) is 60.8 cm³/mol. The van der Waals surface area contributed by atoms with Crippen molar-refractivity contribution in [2.75, 3.05) is 5.88 Å². The molecule has 0 aliphatic carbocycles. The smallest absolute Gasteiger partial charge is 0.206 e. The molecule has 2 nitrogen and oxygen atoms in total. The monoisotopic (exact) mass is 272 g/mol. The molecule has 1 aromatic heterocycles. The zero-order valence-electron chi connectivity index (χ0n) is 7.61. The van der Waals surface area contributed by atoms with Crippen molar-refractivity contribution >= 4 is 46.4 Å². The van der Waals surface area contributed by atoms with Crippen LogP contribution in [0.25, 0.3) is 0 Å². The van der Waals surface area contributed by atoms with Crippen molar-refractivity contribution in [1.29, 1.82) is 0 Å². The first-order chi connectivity index (χ1) is 6.38. The van der Waals surface area contributed by atoms with Crippen LogP contribution in [0, 0.1) is 0 Å². The largest absolute Gasteiger partial charge is 0.225 e. The number of aromatic nitrogens is 2. The normalized spacial score (nSPS) is 11.9. The number of rotatable bonds is 2. The van der Waals surface area contributed by atoms with Crippen LogP contribution in [0.1, 0.15) is 19.4 Å². The van der Waals surface area contributed by atoms with E-state index in [0.717, 1.165) is 0 Å². The molecule has 0 saturated carbocycles. The highest BCUT2D eigenvalue weighted by atomic mass is 35.5. The van der Waals surface area contributed by atoms with E-state index in [4.69, 9.17) is 46.4 Å². The lowest BCUT2D eigenvalue weighted by atomic mass is 9.89. The van der Waals surface area contributed by atoms with Gasteiger partial charge < -0.3 is 0 Å². The summed E-state index contributed by atoms with van der Waals surface area (Å²) in [4.78, 5) is 7.65. The Balaban J connectivity index is 3.35. The first-order valence-corrected chi connectivity index (χ1v) is 5.50. The molecule has 78 valence electrons. The number of hydrogen-bond donors (Lipinski definition) is 0. The molecule has 0 saturated heterocycles. The van der Waals surface area contributed by atoms with Crippen molar-refractivity contribution in [3.8, 4) is 0 Å². The second-order valence-electron chi connectivity index (χ2n) is 3.47. The quantitative estimate of drug-likeness (QED) is 0.463. The van der Waals surface area contributed by atoms with E-state index in [-0.39, 0.29) is 21.0 Å². The van der Waals surface area contributed by atoms with Crippen molar-refractivity contribution < 1.29 is 0 Å². The summed E-state index contributed by atoms with van der Waals surface area (Å²) in [5.41, 5.74) is 0.251. The lowest BCUT2D eigenvalue weighted by molar-refractivity contribution is 0.592. The van der Waals surface area contributed by atoms with Gasteiger partial charge in [0, 0.05) is 16.9 Å². The van der Waals surface area contributed by atoms with E-state index < -0.39 is 0 Å². The molecule has 0 N–H and O–H groups in total. The topological polar surface area (TPSA) is 25.8 Å². The molecule has 1 aromatic rings. The van der Waals surface area contributed by atoms with Crippen LogP contribution in [0.2, 0.25) is 15.6 Å². The average Bonchev–Trinajstić information content (AvgIpc) is 2.01. The molecule has 14 heavy (non-hydrogen) atoms. The third-order valence-electron chi connectivity index (χ3n) is 1.80. The molecule has 0 atom stereocenters. The first kappa shape index (κ1) is 12.3. The van der Waals surface area contributed by atoms with E-state index in [1.54, 1.807) is 0 Å². The van der Waals surface area contributed by atoms with Gasteiger partial charge in [-0.2, -0.15) is 0 Å². The van der Waals surface area contributed by atoms with Gasteiger partial charge in [0.15, 0.2) is 0 Å². The van der Waals surface area contributed by atoms with Gasteiger partial charge in [0.05, 0.1) is 0 Å². The van der Waals surface area contributed by atoms with Crippen LogP contribution in [0.3, 0.4) is 0 Å². The number of halogens is 4. The average molecular weight is 274 g/mol. The van der Waals surface area contributed by atoms with Crippen LogP contribution in [-0.4, -0.2) is 15.8 Å². The molecule has 0 fully saturated rings. The number of alkyl halides is 1. The zero-order chi connectivity index (χ0) is 10.9. The van der Waals surface area contributed by atoms with E-state index in [0.29, 0.717) is 11.4 Å². The number of hydrogen-bond acceptors (Lipinski definition) is 2. The molecule has 6 heteroatoms. The van der Waals surface area contributed by atoms with Crippen LogP contribution in [0.5, 0.6) is 0 Å². The molecule has 0 spiro atoms. The molecule has 0 unspecified atom stereocenters. The second kappa shape index (κ2) is 4.40. The van der Waals surface area contributed by atoms with Gasteiger partial charge in [0.2, 0.25) is 5.28 Å². The summed E-state index contributed by atoms with van der Waals surface area (Å²) in [6.07, 6.45) is 0. The Hall–Kier alpha value is 0.240. The lowest BCUT2D eigenvalue weighted by Crippen LogP contribution is -2.21. The minimum absolute atomic E-state index is 0.0362.